The molecule has 1 heterocycles. The second-order valence-electron chi connectivity index (χ2n) is 2.27. The standard InChI is InChI=1S/C5H8NS/c1-5(2)3-6-4-7-5/h3H2,1-2H3/q+1. The number of rotatable bonds is 0. The maximum Gasteiger partial charge on any atom is 0.347 e. The zero-order chi connectivity index (χ0) is 5.33. The summed E-state index contributed by atoms with van der Waals surface area (Å²) in [6.45, 7) is 5.26. The van der Waals surface area contributed by atoms with Crippen molar-refractivity contribution >= 4 is 11.8 Å². The van der Waals surface area contributed by atoms with E-state index in [0.717, 1.165) is 6.54 Å². The van der Waals surface area contributed by atoms with Crippen LogP contribution in [0, 0.1) is 5.40 Å². The molecule has 0 radical (unpaired) electrons. The fourth-order valence-corrected chi connectivity index (χ4v) is 0.916. The highest BCUT2D eigenvalue weighted by molar-refractivity contribution is 8.05. The van der Waals surface area contributed by atoms with Crippen molar-refractivity contribution in [2.45, 2.75) is 18.6 Å². The zero-order valence-electron chi connectivity index (χ0n) is 4.56. The molecule has 0 N–H and O–H groups in total. The SMILES string of the molecule is CC1(C)C[N+]#CS1. The molecule has 0 saturated carbocycles. The molecule has 7 heavy (non-hydrogen) atoms. The van der Waals surface area contributed by atoms with Gasteiger partial charge in [-0.05, 0) is 13.8 Å². The van der Waals surface area contributed by atoms with Crippen molar-refractivity contribution in [1.82, 2.24) is 0 Å². The Morgan fingerprint density at radius 2 is 2.43 bits per heavy atom. The first kappa shape index (κ1) is 4.99. The Bertz CT molecular complexity index is 117. The van der Waals surface area contributed by atoms with Crippen molar-refractivity contribution in [1.29, 1.82) is 0 Å². The molecule has 1 rings (SSSR count). The summed E-state index contributed by atoms with van der Waals surface area (Å²) < 4.78 is 0.333. The Morgan fingerprint density at radius 3 is 2.57 bits per heavy atom. The van der Waals surface area contributed by atoms with E-state index in [1.165, 1.54) is 0 Å². The molecule has 0 unspecified atom stereocenters. The highest BCUT2D eigenvalue weighted by atomic mass is 32.2. The number of hydrogen-bond donors (Lipinski definition) is 0. The number of nitrogens with zero attached hydrogens (tertiary/aromatic N) is 1. The lowest BCUT2D eigenvalue weighted by atomic mass is 10.2. The molecular weight excluding hydrogens is 106 g/mol. The van der Waals surface area contributed by atoms with E-state index in [-0.39, 0.29) is 0 Å². The lowest BCUT2D eigenvalue weighted by molar-refractivity contribution is 0.787. The molecular formula is C5H8NS+. The highest BCUT2D eigenvalue weighted by Crippen LogP contribution is 2.27. The van der Waals surface area contributed by atoms with Gasteiger partial charge in [0.15, 0.2) is 0 Å². The summed E-state index contributed by atoms with van der Waals surface area (Å²) in [5, 5.41) is 2.85. The first-order valence-corrected chi connectivity index (χ1v) is 3.12. The van der Waals surface area contributed by atoms with Crippen LogP contribution in [0.2, 0.25) is 0 Å². The van der Waals surface area contributed by atoms with Gasteiger partial charge in [-0.25, -0.2) is 0 Å². The molecule has 2 heteroatoms. The van der Waals surface area contributed by atoms with Gasteiger partial charge in [0.2, 0.25) is 0 Å². The quantitative estimate of drug-likeness (QED) is 0.434. The smallest absolute Gasteiger partial charge is 0.0694 e. The third-order valence-corrected chi connectivity index (χ3v) is 1.75. The van der Waals surface area contributed by atoms with Gasteiger partial charge in [-0.2, -0.15) is 0 Å². The van der Waals surface area contributed by atoms with Crippen LogP contribution < -0.4 is 0 Å². The highest BCUT2D eigenvalue weighted by Gasteiger charge is 2.30. The number of thiocyanates is 1. The van der Waals surface area contributed by atoms with Crippen molar-refractivity contribution in [3.05, 3.63) is 4.85 Å². The van der Waals surface area contributed by atoms with E-state index >= 15 is 0 Å². The molecule has 0 aromatic rings. The van der Waals surface area contributed by atoms with Gasteiger partial charge in [0.1, 0.15) is 4.75 Å². The molecule has 0 spiro atoms. The summed E-state index contributed by atoms with van der Waals surface area (Å²) in [7, 11) is 0. The van der Waals surface area contributed by atoms with E-state index < -0.39 is 0 Å². The van der Waals surface area contributed by atoms with Gasteiger partial charge in [-0.1, -0.05) is 4.85 Å². The van der Waals surface area contributed by atoms with Crippen LogP contribution in [-0.4, -0.2) is 11.3 Å². The molecule has 1 nitrogen and oxygen atoms in total. The first-order valence-electron chi connectivity index (χ1n) is 2.30. The maximum atomic E-state index is 3.95. The van der Waals surface area contributed by atoms with Gasteiger partial charge in [-0.3, -0.25) is 0 Å². The Labute approximate surface area is 47.9 Å². The van der Waals surface area contributed by atoms with Gasteiger partial charge >= 0.3 is 5.40 Å². The van der Waals surface area contributed by atoms with Crippen LogP contribution in [0.25, 0.3) is 4.85 Å². The predicted octanol–water partition coefficient (Wildman–Crippen LogP) is 1.80. The van der Waals surface area contributed by atoms with E-state index in [2.05, 4.69) is 24.1 Å². The summed E-state index contributed by atoms with van der Waals surface area (Å²) in [5.74, 6) is 0. The Morgan fingerprint density at radius 1 is 1.71 bits per heavy atom. The first-order chi connectivity index (χ1) is 3.21. The molecule has 0 saturated heterocycles. The van der Waals surface area contributed by atoms with Crippen LogP contribution in [0.1, 0.15) is 13.8 Å². The van der Waals surface area contributed by atoms with Gasteiger partial charge in [-0.15, -0.1) is 0 Å². The minimum absolute atomic E-state index is 0.333. The molecule has 0 aromatic heterocycles. The average Bonchev–Trinajstić information content (AvgIpc) is 1.84. The molecule has 0 bridgehead atoms. The van der Waals surface area contributed by atoms with Crippen molar-refractivity contribution in [3.8, 4) is 5.40 Å². The summed E-state index contributed by atoms with van der Waals surface area (Å²) >= 11 is 1.68. The van der Waals surface area contributed by atoms with Gasteiger partial charge < -0.3 is 0 Å². The van der Waals surface area contributed by atoms with Crippen LogP contribution in [0.4, 0.5) is 0 Å². The number of hydrogen-bond acceptors (Lipinski definition) is 1. The largest absolute Gasteiger partial charge is 0.347 e. The van der Waals surface area contributed by atoms with Crippen LogP contribution in [0.15, 0.2) is 0 Å². The summed E-state index contributed by atoms with van der Waals surface area (Å²) in [5.41, 5.74) is 0. The molecule has 1 aliphatic heterocycles. The Kier molecular flexibility index (Phi) is 1.01. The van der Waals surface area contributed by atoms with Crippen molar-refractivity contribution in [2.24, 2.45) is 0 Å². The van der Waals surface area contributed by atoms with Gasteiger partial charge in [0.25, 0.3) is 6.54 Å². The van der Waals surface area contributed by atoms with E-state index in [4.69, 9.17) is 0 Å². The molecule has 0 amide bonds. The van der Waals surface area contributed by atoms with E-state index in [0.29, 0.717) is 4.75 Å². The van der Waals surface area contributed by atoms with Crippen molar-refractivity contribution in [2.75, 3.05) is 6.54 Å². The topological polar surface area (TPSA) is 4.36 Å². The normalized spacial score (nSPS) is 23.7. The third kappa shape index (κ3) is 1.10. The minimum Gasteiger partial charge on any atom is -0.0694 e. The lowest BCUT2D eigenvalue weighted by Crippen LogP contribution is -2.13. The molecule has 0 aromatic carbocycles. The molecule has 0 fully saturated rings. The van der Waals surface area contributed by atoms with Crippen LogP contribution in [-0.2, 0) is 0 Å². The zero-order valence-corrected chi connectivity index (χ0v) is 5.38. The maximum absolute atomic E-state index is 3.95. The summed E-state index contributed by atoms with van der Waals surface area (Å²) in [6, 6.07) is 0. The predicted molar refractivity (Wildman–Crippen MR) is 33.8 cm³/mol. The van der Waals surface area contributed by atoms with Crippen LogP contribution in [0.3, 0.4) is 0 Å². The lowest BCUT2D eigenvalue weighted by Gasteiger charge is -2.02. The van der Waals surface area contributed by atoms with Crippen LogP contribution >= 0.6 is 11.8 Å². The molecule has 38 valence electrons. The number of thioether (sulfide) groups is 1. The molecule has 0 atom stereocenters. The van der Waals surface area contributed by atoms with E-state index in [1.54, 1.807) is 11.8 Å². The third-order valence-electron chi connectivity index (χ3n) is 0.846. The van der Waals surface area contributed by atoms with Crippen molar-refractivity contribution < 1.29 is 0 Å². The fraction of sp³-hybridized carbons (Fsp3) is 0.800. The Balaban J connectivity index is 2.53. The summed E-state index contributed by atoms with van der Waals surface area (Å²) in [6.07, 6.45) is 0. The van der Waals surface area contributed by atoms with Gasteiger partial charge in [0, 0.05) is 11.8 Å². The summed E-state index contributed by atoms with van der Waals surface area (Å²) in [4.78, 5) is 3.95. The Hall–Kier alpha value is -0.160. The monoisotopic (exact) mass is 114 g/mol. The fourth-order valence-electron chi connectivity index (χ4n) is 0.411. The van der Waals surface area contributed by atoms with E-state index in [9.17, 15) is 0 Å². The van der Waals surface area contributed by atoms with E-state index in [1.807, 2.05) is 0 Å². The van der Waals surface area contributed by atoms with Gasteiger partial charge in [0.05, 0.1) is 0 Å². The second-order valence-corrected chi connectivity index (χ2v) is 3.76. The van der Waals surface area contributed by atoms with Crippen molar-refractivity contribution in [3.63, 3.8) is 0 Å². The molecule has 0 aliphatic carbocycles. The minimum atomic E-state index is 0.333. The van der Waals surface area contributed by atoms with Crippen LogP contribution in [0.5, 0.6) is 0 Å². The average molecular weight is 114 g/mol. The molecule has 1 aliphatic rings. The second kappa shape index (κ2) is 1.41.